The third-order valence-corrected chi connectivity index (χ3v) is 5.50. The first-order valence-corrected chi connectivity index (χ1v) is 9.13. The van der Waals surface area contributed by atoms with Crippen LogP contribution in [0.2, 0.25) is 0 Å². The van der Waals surface area contributed by atoms with E-state index >= 15 is 0 Å². The Morgan fingerprint density at radius 1 is 0.818 bits per heavy atom. The molecular formula is C20H32N2. The quantitative estimate of drug-likeness (QED) is 0.797. The highest BCUT2D eigenvalue weighted by Crippen LogP contribution is 2.27. The third-order valence-electron chi connectivity index (χ3n) is 5.50. The second-order valence-corrected chi connectivity index (χ2v) is 8.11. The fourth-order valence-corrected chi connectivity index (χ4v) is 3.96. The van der Waals surface area contributed by atoms with Crippen molar-refractivity contribution in [3.8, 4) is 0 Å². The van der Waals surface area contributed by atoms with Crippen molar-refractivity contribution in [1.29, 1.82) is 0 Å². The molecule has 1 aliphatic heterocycles. The van der Waals surface area contributed by atoms with E-state index in [1.54, 1.807) is 0 Å². The monoisotopic (exact) mass is 300 g/mol. The second kappa shape index (κ2) is 6.62. The van der Waals surface area contributed by atoms with Crippen molar-refractivity contribution in [2.24, 2.45) is 0 Å². The molecule has 1 saturated heterocycles. The van der Waals surface area contributed by atoms with Crippen molar-refractivity contribution >= 4 is 5.69 Å². The minimum atomic E-state index is 0.248. The molecule has 0 spiro atoms. The summed E-state index contributed by atoms with van der Waals surface area (Å²) in [7, 11) is 0. The summed E-state index contributed by atoms with van der Waals surface area (Å²) in [6.45, 7) is 11.7. The Hall–Kier alpha value is -1.02. The van der Waals surface area contributed by atoms with Gasteiger partial charge < -0.3 is 4.90 Å². The average molecular weight is 300 g/mol. The van der Waals surface area contributed by atoms with E-state index in [1.807, 2.05) is 0 Å². The lowest BCUT2D eigenvalue weighted by Crippen LogP contribution is -2.50. The van der Waals surface area contributed by atoms with Gasteiger partial charge in [0.15, 0.2) is 0 Å². The molecule has 1 aromatic carbocycles. The molecule has 1 aliphatic carbocycles. The fraction of sp³-hybridized carbons (Fsp3) is 0.700. The lowest BCUT2D eigenvalue weighted by atomic mass is 9.87. The minimum Gasteiger partial charge on any atom is -0.369 e. The van der Waals surface area contributed by atoms with Crippen molar-refractivity contribution in [3.05, 3.63) is 29.8 Å². The topological polar surface area (TPSA) is 6.48 Å². The van der Waals surface area contributed by atoms with Gasteiger partial charge in [-0.2, -0.15) is 0 Å². The zero-order chi connectivity index (χ0) is 15.6. The predicted molar refractivity (Wildman–Crippen MR) is 95.8 cm³/mol. The summed E-state index contributed by atoms with van der Waals surface area (Å²) < 4.78 is 0. The van der Waals surface area contributed by atoms with Crippen LogP contribution in [0.3, 0.4) is 0 Å². The minimum absolute atomic E-state index is 0.248. The standard InChI is InChI=1S/C20H32N2/c1-20(2,3)17-9-11-19(12-10-17)22-15-13-21(14-16-22)18-7-5-4-6-8-18/h9-12,18H,4-8,13-16H2,1-3H3. The van der Waals surface area contributed by atoms with Gasteiger partial charge in [-0.15, -0.1) is 0 Å². The van der Waals surface area contributed by atoms with Crippen LogP contribution in [0, 0.1) is 0 Å². The molecule has 0 atom stereocenters. The smallest absolute Gasteiger partial charge is 0.0367 e. The number of anilines is 1. The molecule has 0 bridgehead atoms. The zero-order valence-corrected chi connectivity index (χ0v) is 14.6. The molecule has 122 valence electrons. The Morgan fingerprint density at radius 2 is 1.41 bits per heavy atom. The average Bonchev–Trinajstić information content (AvgIpc) is 2.55. The summed E-state index contributed by atoms with van der Waals surface area (Å²) in [6.07, 6.45) is 7.20. The summed E-state index contributed by atoms with van der Waals surface area (Å²) in [5.74, 6) is 0. The van der Waals surface area contributed by atoms with Gasteiger partial charge in [-0.25, -0.2) is 0 Å². The number of nitrogens with zero attached hydrogens (tertiary/aromatic N) is 2. The first-order chi connectivity index (χ1) is 10.5. The predicted octanol–water partition coefficient (Wildman–Crippen LogP) is 4.44. The number of hydrogen-bond donors (Lipinski definition) is 0. The molecule has 0 aromatic heterocycles. The van der Waals surface area contributed by atoms with Gasteiger partial charge in [0.1, 0.15) is 0 Å². The van der Waals surface area contributed by atoms with E-state index in [0.717, 1.165) is 6.04 Å². The van der Waals surface area contributed by atoms with Crippen LogP contribution in [0.15, 0.2) is 24.3 Å². The SMILES string of the molecule is CC(C)(C)c1ccc(N2CCN(C3CCCCC3)CC2)cc1. The Bertz CT molecular complexity index is 457. The van der Waals surface area contributed by atoms with E-state index in [0.29, 0.717) is 0 Å². The maximum absolute atomic E-state index is 2.75. The molecule has 0 radical (unpaired) electrons. The number of rotatable bonds is 2. The van der Waals surface area contributed by atoms with Crippen LogP contribution in [0.1, 0.15) is 58.4 Å². The molecule has 0 unspecified atom stereocenters. The van der Waals surface area contributed by atoms with Crippen molar-refractivity contribution in [1.82, 2.24) is 4.90 Å². The van der Waals surface area contributed by atoms with Crippen LogP contribution in [-0.4, -0.2) is 37.1 Å². The Balaban J connectivity index is 1.57. The molecule has 2 heteroatoms. The first-order valence-electron chi connectivity index (χ1n) is 9.13. The summed E-state index contributed by atoms with van der Waals surface area (Å²) in [4.78, 5) is 5.31. The Kier molecular flexibility index (Phi) is 4.77. The molecule has 22 heavy (non-hydrogen) atoms. The molecule has 3 rings (SSSR count). The highest BCUT2D eigenvalue weighted by molar-refractivity contribution is 5.49. The number of piperazine rings is 1. The molecule has 0 amide bonds. The van der Waals surface area contributed by atoms with E-state index in [1.165, 1.54) is 69.5 Å². The summed E-state index contributed by atoms with van der Waals surface area (Å²) in [6, 6.07) is 10.1. The van der Waals surface area contributed by atoms with Gasteiger partial charge in [0.05, 0.1) is 0 Å². The van der Waals surface area contributed by atoms with E-state index in [-0.39, 0.29) is 5.41 Å². The molecule has 2 aliphatic rings. The molecule has 0 N–H and O–H groups in total. The Morgan fingerprint density at radius 3 is 1.95 bits per heavy atom. The lowest BCUT2D eigenvalue weighted by Gasteiger charge is -2.41. The van der Waals surface area contributed by atoms with E-state index in [9.17, 15) is 0 Å². The molecule has 1 heterocycles. The molecule has 1 aromatic rings. The normalized spacial score (nSPS) is 22.0. The largest absolute Gasteiger partial charge is 0.369 e. The maximum atomic E-state index is 2.75. The molecule has 2 fully saturated rings. The van der Waals surface area contributed by atoms with Crippen molar-refractivity contribution in [3.63, 3.8) is 0 Å². The summed E-state index contributed by atoms with van der Waals surface area (Å²) in [5.41, 5.74) is 3.08. The van der Waals surface area contributed by atoms with Crippen molar-refractivity contribution < 1.29 is 0 Å². The van der Waals surface area contributed by atoms with E-state index in [2.05, 4.69) is 54.8 Å². The zero-order valence-electron chi connectivity index (χ0n) is 14.6. The van der Waals surface area contributed by atoms with Crippen LogP contribution in [0.25, 0.3) is 0 Å². The number of hydrogen-bond acceptors (Lipinski definition) is 2. The van der Waals surface area contributed by atoms with Gasteiger partial charge in [-0.1, -0.05) is 52.2 Å². The summed E-state index contributed by atoms with van der Waals surface area (Å²) in [5, 5.41) is 0. The van der Waals surface area contributed by atoms with Crippen LogP contribution in [0.4, 0.5) is 5.69 Å². The molecule has 1 saturated carbocycles. The van der Waals surface area contributed by atoms with Gasteiger partial charge in [-0.3, -0.25) is 4.90 Å². The van der Waals surface area contributed by atoms with Crippen molar-refractivity contribution in [2.45, 2.75) is 64.3 Å². The molecular weight excluding hydrogens is 268 g/mol. The third kappa shape index (κ3) is 3.65. The van der Waals surface area contributed by atoms with E-state index in [4.69, 9.17) is 0 Å². The van der Waals surface area contributed by atoms with Crippen LogP contribution in [0.5, 0.6) is 0 Å². The van der Waals surface area contributed by atoms with E-state index < -0.39 is 0 Å². The van der Waals surface area contributed by atoms with Gasteiger partial charge in [0.25, 0.3) is 0 Å². The van der Waals surface area contributed by atoms with Crippen LogP contribution < -0.4 is 4.90 Å². The van der Waals surface area contributed by atoms with Gasteiger partial charge in [-0.05, 0) is 36.0 Å². The fourth-order valence-electron chi connectivity index (χ4n) is 3.96. The first kappa shape index (κ1) is 15.9. The number of benzene rings is 1. The van der Waals surface area contributed by atoms with Gasteiger partial charge in [0.2, 0.25) is 0 Å². The maximum Gasteiger partial charge on any atom is 0.0367 e. The highest BCUT2D eigenvalue weighted by atomic mass is 15.3. The van der Waals surface area contributed by atoms with Gasteiger partial charge >= 0.3 is 0 Å². The van der Waals surface area contributed by atoms with Crippen molar-refractivity contribution in [2.75, 3.05) is 31.1 Å². The highest BCUT2D eigenvalue weighted by Gasteiger charge is 2.25. The molecule has 2 nitrogen and oxygen atoms in total. The Labute approximate surface area is 136 Å². The summed E-state index contributed by atoms with van der Waals surface area (Å²) >= 11 is 0. The lowest BCUT2D eigenvalue weighted by molar-refractivity contribution is 0.148. The second-order valence-electron chi connectivity index (χ2n) is 8.11. The van der Waals surface area contributed by atoms with Gasteiger partial charge in [0, 0.05) is 37.9 Å². The van der Waals surface area contributed by atoms with Crippen LogP contribution >= 0.6 is 0 Å². The van der Waals surface area contributed by atoms with Crippen LogP contribution in [-0.2, 0) is 5.41 Å².